The average Bonchev–Trinajstić information content (AvgIpc) is 2.64. The molecule has 0 radical (unpaired) electrons. The maximum atomic E-state index is 4.53. The zero-order chi connectivity index (χ0) is 15.5. The molecule has 0 bridgehead atoms. The molecule has 0 spiro atoms. The van der Waals surface area contributed by atoms with Crippen LogP contribution in [0.1, 0.15) is 0 Å². The van der Waals surface area contributed by atoms with Gasteiger partial charge in [0, 0.05) is 0 Å². The Hall–Kier alpha value is -2.37. The van der Waals surface area contributed by atoms with Crippen LogP contribution in [0.3, 0.4) is 0 Å². The number of hydrogen-bond donors (Lipinski definition) is 0. The summed E-state index contributed by atoms with van der Waals surface area (Å²) in [7, 11) is 0. The first-order valence-corrected chi connectivity index (χ1v) is 10.5. The van der Waals surface area contributed by atoms with E-state index in [2.05, 4.69) is 89.9 Å². The van der Waals surface area contributed by atoms with Crippen molar-refractivity contribution in [2.45, 2.75) is 0 Å². The number of hydrogen-bond acceptors (Lipinski definition) is 1. The summed E-state index contributed by atoms with van der Waals surface area (Å²) in [6.45, 7) is 0. The third-order valence-corrected chi connectivity index (χ3v) is 9.14. The normalized spacial score (nSPS) is 11.0. The van der Waals surface area contributed by atoms with Gasteiger partial charge in [0.1, 0.15) is 0 Å². The average molecular weight is 357 g/mol. The molecule has 2 heteroatoms. The van der Waals surface area contributed by atoms with Crippen molar-refractivity contribution in [1.82, 2.24) is 4.98 Å². The van der Waals surface area contributed by atoms with E-state index in [-0.39, 0.29) is 0 Å². The standard InChI is InChI=1S/C21H16AsN/c1-3-9-17(10-4-1)22(18-11-5-2-6-12-18)20-14-7-15-21-19(20)13-8-16-23-21/h1-16H. The van der Waals surface area contributed by atoms with Crippen molar-refractivity contribution in [3.63, 3.8) is 0 Å². The molecule has 3 aromatic carbocycles. The predicted molar refractivity (Wildman–Crippen MR) is 99.3 cm³/mol. The first-order chi connectivity index (χ1) is 11.4. The molecule has 0 N–H and O–H groups in total. The first-order valence-electron chi connectivity index (χ1n) is 7.67. The molecule has 0 saturated heterocycles. The molecule has 0 atom stereocenters. The van der Waals surface area contributed by atoms with Gasteiger partial charge in [0.05, 0.1) is 0 Å². The molecule has 110 valence electrons. The van der Waals surface area contributed by atoms with Crippen molar-refractivity contribution in [3.05, 3.63) is 97.2 Å². The second-order valence-electron chi connectivity index (χ2n) is 5.35. The topological polar surface area (TPSA) is 12.9 Å². The second kappa shape index (κ2) is 6.40. The van der Waals surface area contributed by atoms with Crippen LogP contribution in [0, 0.1) is 0 Å². The van der Waals surface area contributed by atoms with Crippen molar-refractivity contribution >= 4 is 38.6 Å². The van der Waals surface area contributed by atoms with Gasteiger partial charge < -0.3 is 0 Å². The molecule has 0 aliphatic rings. The van der Waals surface area contributed by atoms with Crippen molar-refractivity contribution < 1.29 is 0 Å². The van der Waals surface area contributed by atoms with Crippen molar-refractivity contribution in [3.8, 4) is 0 Å². The van der Waals surface area contributed by atoms with Crippen LogP contribution in [0.5, 0.6) is 0 Å². The molecular weight excluding hydrogens is 341 g/mol. The Balaban J connectivity index is 1.98. The van der Waals surface area contributed by atoms with Crippen LogP contribution in [0.15, 0.2) is 97.2 Å². The Labute approximate surface area is 140 Å². The van der Waals surface area contributed by atoms with Crippen molar-refractivity contribution in [2.75, 3.05) is 0 Å². The Morgan fingerprint density at radius 3 is 1.87 bits per heavy atom. The van der Waals surface area contributed by atoms with E-state index in [1.807, 2.05) is 12.3 Å². The summed E-state index contributed by atoms with van der Waals surface area (Å²) in [5.74, 6) is 0. The van der Waals surface area contributed by atoms with E-state index in [0.29, 0.717) is 0 Å². The Morgan fingerprint density at radius 2 is 1.22 bits per heavy atom. The third-order valence-electron chi connectivity index (χ3n) is 3.89. The van der Waals surface area contributed by atoms with Crippen LogP contribution < -0.4 is 13.1 Å². The van der Waals surface area contributed by atoms with E-state index >= 15 is 0 Å². The number of nitrogens with zero attached hydrogens (tertiary/aromatic N) is 1. The summed E-state index contributed by atoms with van der Waals surface area (Å²) in [5.41, 5.74) is 1.08. The van der Waals surface area contributed by atoms with Gasteiger partial charge in [-0.2, -0.15) is 0 Å². The third kappa shape index (κ3) is 2.81. The van der Waals surface area contributed by atoms with Gasteiger partial charge >= 0.3 is 141 Å². The minimum absolute atomic E-state index is 1.08. The van der Waals surface area contributed by atoms with Crippen LogP contribution in [-0.4, -0.2) is 19.6 Å². The van der Waals surface area contributed by atoms with Crippen LogP contribution in [0.25, 0.3) is 10.9 Å². The molecule has 0 aliphatic heterocycles. The zero-order valence-corrected chi connectivity index (χ0v) is 14.5. The van der Waals surface area contributed by atoms with Crippen LogP contribution in [0.2, 0.25) is 0 Å². The fourth-order valence-corrected chi connectivity index (χ4v) is 8.03. The van der Waals surface area contributed by atoms with Crippen LogP contribution in [-0.2, 0) is 0 Å². The minimum atomic E-state index is -1.58. The molecule has 1 heterocycles. The van der Waals surface area contributed by atoms with E-state index < -0.39 is 14.7 Å². The first kappa shape index (κ1) is 14.2. The molecule has 0 aliphatic carbocycles. The SMILES string of the molecule is c1ccc([As](c2ccccc2)c2cccc3ncccc23)cc1. The molecule has 0 unspecified atom stereocenters. The van der Waals surface area contributed by atoms with Gasteiger partial charge in [-0.1, -0.05) is 0 Å². The van der Waals surface area contributed by atoms with Crippen molar-refractivity contribution in [1.29, 1.82) is 0 Å². The molecule has 0 amide bonds. The molecule has 0 fully saturated rings. The van der Waals surface area contributed by atoms with Crippen LogP contribution >= 0.6 is 0 Å². The number of rotatable bonds is 3. The van der Waals surface area contributed by atoms with Gasteiger partial charge in [-0.15, -0.1) is 0 Å². The van der Waals surface area contributed by atoms with Gasteiger partial charge in [0.15, 0.2) is 0 Å². The van der Waals surface area contributed by atoms with E-state index in [0.717, 1.165) is 5.52 Å². The zero-order valence-electron chi connectivity index (χ0n) is 12.6. The fourth-order valence-electron chi connectivity index (χ4n) is 2.86. The monoisotopic (exact) mass is 357 g/mol. The molecule has 4 rings (SSSR count). The summed E-state index contributed by atoms with van der Waals surface area (Å²) in [6.07, 6.45) is 1.87. The van der Waals surface area contributed by atoms with E-state index in [1.165, 1.54) is 18.4 Å². The van der Waals surface area contributed by atoms with Gasteiger partial charge in [0.25, 0.3) is 0 Å². The summed E-state index contributed by atoms with van der Waals surface area (Å²) in [4.78, 5) is 4.53. The van der Waals surface area contributed by atoms with Gasteiger partial charge in [-0.05, 0) is 0 Å². The Morgan fingerprint density at radius 1 is 0.565 bits per heavy atom. The second-order valence-corrected chi connectivity index (χ2v) is 9.94. The summed E-state index contributed by atoms with van der Waals surface area (Å²) < 4.78 is 4.34. The number of pyridine rings is 1. The molecule has 4 aromatic rings. The number of benzene rings is 3. The van der Waals surface area contributed by atoms with Gasteiger partial charge in [-0.25, -0.2) is 0 Å². The summed E-state index contributed by atoms with van der Waals surface area (Å²) in [5, 5.41) is 1.28. The van der Waals surface area contributed by atoms with Crippen LogP contribution in [0.4, 0.5) is 0 Å². The summed E-state index contributed by atoms with van der Waals surface area (Å²) >= 11 is -1.58. The molecule has 23 heavy (non-hydrogen) atoms. The Kier molecular flexibility index (Phi) is 3.96. The molecule has 0 saturated carbocycles. The molecule has 1 nitrogen and oxygen atoms in total. The van der Waals surface area contributed by atoms with Gasteiger partial charge in [-0.3, -0.25) is 0 Å². The number of fused-ring (bicyclic) bond motifs is 1. The van der Waals surface area contributed by atoms with E-state index in [1.54, 1.807) is 0 Å². The molecule has 1 aromatic heterocycles. The van der Waals surface area contributed by atoms with E-state index in [9.17, 15) is 0 Å². The van der Waals surface area contributed by atoms with E-state index in [4.69, 9.17) is 0 Å². The number of aromatic nitrogens is 1. The quantitative estimate of drug-likeness (QED) is 0.514. The summed E-state index contributed by atoms with van der Waals surface area (Å²) in [6, 6.07) is 32.6. The maximum absolute atomic E-state index is 4.53. The predicted octanol–water partition coefficient (Wildman–Crippen LogP) is 2.75. The molecular formula is C21H16AsN. The fraction of sp³-hybridized carbons (Fsp3) is 0. The van der Waals surface area contributed by atoms with Crippen molar-refractivity contribution in [2.24, 2.45) is 0 Å². The Bertz CT molecular complexity index is 875. The van der Waals surface area contributed by atoms with Gasteiger partial charge in [0.2, 0.25) is 0 Å².